The maximum absolute atomic E-state index is 12.6. The van der Waals surface area contributed by atoms with Crippen molar-refractivity contribution in [2.75, 3.05) is 13.1 Å². The van der Waals surface area contributed by atoms with Gasteiger partial charge in [-0.25, -0.2) is 0 Å². The molecule has 1 heterocycles. The minimum Gasteiger partial charge on any atom is -0.507 e. The number of thiocarbonyl (C=S) groups is 1. The van der Waals surface area contributed by atoms with Crippen LogP contribution in [0.4, 0.5) is 0 Å². The number of phenolic OH excluding ortho intramolecular Hbond substituents is 1. The number of ketones is 1. The molecule has 0 bridgehead atoms. The average molecular weight is 402 g/mol. The number of likely N-dealkylation sites (tertiary alicyclic amines) is 1. The Morgan fingerprint density at radius 2 is 2.00 bits per heavy atom. The van der Waals surface area contributed by atoms with E-state index in [1.807, 2.05) is 13.8 Å². The molecule has 1 atom stereocenters. The molecule has 22 heavy (non-hydrogen) atoms. The zero-order chi connectivity index (χ0) is 16.3. The van der Waals surface area contributed by atoms with Gasteiger partial charge in [0.15, 0.2) is 5.78 Å². The van der Waals surface area contributed by atoms with E-state index in [1.165, 1.54) is 18.2 Å². The zero-order valence-electron chi connectivity index (χ0n) is 12.8. The number of thioether (sulfide) groups is 1. The number of carbonyl (C=O) groups excluding carboxylic acids is 1. The highest BCUT2D eigenvalue weighted by atomic mass is 79.9. The Bertz CT molecular complexity index is 586. The van der Waals surface area contributed by atoms with Gasteiger partial charge in [0.1, 0.15) is 10.1 Å². The summed E-state index contributed by atoms with van der Waals surface area (Å²) in [7, 11) is 0. The fourth-order valence-corrected chi connectivity index (χ4v) is 4.27. The molecule has 1 aliphatic heterocycles. The maximum Gasteiger partial charge on any atom is 0.179 e. The van der Waals surface area contributed by atoms with Gasteiger partial charge in [0.25, 0.3) is 0 Å². The molecule has 0 amide bonds. The monoisotopic (exact) mass is 401 g/mol. The van der Waals surface area contributed by atoms with E-state index >= 15 is 0 Å². The maximum atomic E-state index is 12.6. The number of hydrogen-bond acceptors (Lipinski definition) is 4. The first kappa shape index (κ1) is 17.8. The van der Waals surface area contributed by atoms with Gasteiger partial charge >= 0.3 is 0 Å². The van der Waals surface area contributed by atoms with Crippen LogP contribution in [-0.2, 0) is 0 Å². The number of phenols is 1. The lowest BCUT2D eigenvalue weighted by molar-refractivity contribution is 0.0991. The SMILES string of the molecule is Cc1cc(O)c(C(=O)[C@H](C)SC(=S)N2CCCCC2)cc1Br. The van der Waals surface area contributed by atoms with Crippen molar-refractivity contribution in [2.24, 2.45) is 0 Å². The number of halogens is 1. The molecule has 3 nitrogen and oxygen atoms in total. The number of carbonyl (C=O) groups is 1. The second-order valence-electron chi connectivity index (χ2n) is 5.56. The fourth-order valence-electron chi connectivity index (χ4n) is 2.44. The Labute approximate surface area is 149 Å². The highest BCUT2D eigenvalue weighted by Gasteiger charge is 2.24. The third-order valence-corrected chi connectivity index (χ3v) is 6.23. The Kier molecular flexibility index (Phi) is 6.29. The predicted octanol–water partition coefficient (Wildman–Crippen LogP) is 4.54. The Hall–Kier alpha value is -0.590. The van der Waals surface area contributed by atoms with Crippen molar-refractivity contribution in [3.05, 3.63) is 27.7 Å². The Balaban J connectivity index is 2.05. The molecule has 1 N–H and O–H groups in total. The molecular formula is C16H20BrNO2S2. The second-order valence-corrected chi connectivity index (χ2v) is 8.39. The summed E-state index contributed by atoms with van der Waals surface area (Å²) in [6.45, 7) is 5.68. The first-order chi connectivity index (χ1) is 10.4. The van der Waals surface area contributed by atoms with E-state index in [1.54, 1.807) is 12.1 Å². The lowest BCUT2D eigenvalue weighted by atomic mass is 10.1. The van der Waals surface area contributed by atoms with Crippen molar-refractivity contribution in [3.8, 4) is 5.75 Å². The van der Waals surface area contributed by atoms with E-state index in [0.717, 1.165) is 40.3 Å². The van der Waals surface area contributed by atoms with Crippen molar-refractivity contribution in [1.82, 2.24) is 4.90 Å². The Morgan fingerprint density at radius 1 is 1.36 bits per heavy atom. The van der Waals surface area contributed by atoms with Crippen molar-refractivity contribution < 1.29 is 9.90 Å². The van der Waals surface area contributed by atoms with Crippen LogP contribution >= 0.6 is 39.9 Å². The highest BCUT2D eigenvalue weighted by Crippen LogP contribution is 2.30. The normalized spacial score (nSPS) is 16.4. The van der Waals surface area contributed by atoms with Gasteiger partial charge in [-0.2, -0.15) is 0 Å². The van der Waals surface area contributed by atoms with Crippen LogP contribution in [0.2, 0.25) is 0 Å². The van der Waals surface area contributed by atoms with Gasteiger partial charge in [-0.05, 0) is 50.8 Å². The molecule has 1 fully saturated rings. The molecule has 1 aromatic rings. The number of benzene rings is 1. The molecule has 0 unspecified atom stereocenters. The molecule has 0 spiro atoms. The molecular weight excluding hydrogens is 382 g/mol. The summed E-state index contributed by atoms with van der Waals surface area (Å²) in [6.07, 6.45) is 3.58. The van der Waals surface area contributed by atoms with E-state index in [-0.39, 0.29) is 16.8 Å². The van der Waals surface area contributed by atoms with Crippen molar-refractivity contribution in [1.29, 1.82) is 0 Å². The number of nitrogens with zero attached hydrogens (tertiary/aromatic N) is 1. The lowest BCUT2D eigenvalue weighted by Crippen LogP contribution is -2.34. The number of aryl methyl sites for hydroxylation is 1. The average Bonchev–Trinajstić information content (AvgIpc) is 2.51. The van der Waals surface area contributed by atoms with Crippen LogP contribution in [0.1, 0.15) is 42.1 Å². The molecule has 0 radical (unpaired) electrons. The van der Waals surface area contributed by atoms with Crippen molar-refractivity contribution in [3.63, 3.8) is 0 Å². The molecule has 1 aliphatic rings. The van der Waals surface area contributed by atoms with Gasteiger partial charge in [-0.15, -0.1) is 0 Å². The fraction of sp³-hybridized carbons (Fsp3) is 0.500. The standard InChI is InChI=1S/C16H20BrNO2S2/c1-10-8-14(19)12(9-13(10)17)15(20)11(2)22-16(21)18-6-4-3-5-7-18/h8-9,11,19H,3-7H2,1-2H3/t11-/m0/s1. The highest BCUT2D eigenvalue weighted by molar-refractivity contribution is 9.10. The van der Waals surface area contributed by atoms with Gasteiger partial charge in [0, 0.05) is 17.6 Å². The number of hydrogen-bond donors (Lipinski definition) is 1. The lowest BCUT2D eigenvalue weighted by Gasteiger charge is -2.29. The van der Waals surface area contributed by atoms with Crippen molar-refractivity contribution in [2.45, 2.75) is 38.4 Å². The van der Waals surface area contributed by atoms with Gasteiger partial charge in [-0.3, -0.25) is 4.79 Å². The van der Waals surface area contributed by atoms with Crippen LogP contribution < -0.4 is 0 Å². The van der Waals surface area contributed by atoms with E-state index in [2.05, 4.69) is 20.8 Å². The van der Waals surface area contributed by atoms with Crippen LogP contribution in [0.15, 0.2) is 16.6 Å². The molecule has 0 aromatic heterocycles. The first-order valence-corrected chi connectivity index (χ1v) is 9.47. The quantitative estimate of drug-likeness (QED) is 0.594. The summed E-state index contributed by atoms with van der Waals surface area (Å²) >= 11 is 10.3. The number of Topliss-reactive ketones (excluding diaryl/α,β-unsaturated/α-hetero) is 1. The smallest absolute Gasteiger partial charge is 0.179 e. The molecule has 120 valence electrons. The summed E-state index contributed by atoms with van der Waals surface area (Å²) in [4.78, 5) is 14.7. The third-order valence-electron chi connectivity index (χ3n) is 3.80. The van der Waals surface area contributed by atoms with Crippen LogP contribution in [0.25, 0.3) is 0 Å². The minimum absolute atomic E-state index is 0.0297. The summed E-state index contributed by atoms with van der Waals surface area (Å²) < 4.78 is 1.61. The van der Waals surface area contributed by atoms with Crippen molar-refractivity contribution >= 4 is 50.0 Å². The van der Waals surface area contributed by atoms with Crippen LogP contribution in [0.3, 0.4) is 0 Å². The molecule has 1 aromatic carbocycles. The van der Waals surface area contributed by atoms with Gasteiger partial charge in [0.2, 0.25) is 0 Å². The van der Waals surface area contributed by atoms with E-state index < -0.39 is 0 Å². The summed E-state index contributed by atoms with van der Waals surface area (Å²) in [5.74, 6) is -0.0652. The Morgan fingerprint density at radius 3 is 2.64 bits per heavy atom. The molecule has 2 rings (SSSR count). The van der Waals surface area contributed by atoms with Gasteiger partial charge in [0.05, 0.1) is 10.8 Å². The van der Waals surface area contributed by atoms with Gasteiger partial charge in [-0.1, -0.05) is 39.9 Å². The van der Waals surface area contributed by atoms with Crippen LogP contribution in [0, 0.1) is 6.92 Å². The number of aromatic hydroxyl groups is 1. The van der Waals surface area contributed by atoms with Gasteiger partial charge < -0.3 is 10.0 Å². The topological polar surface area (TPSA) is 40.5 Å². The van der Waals surface area contributed by atoms with Crippen LogP contribution in [-0.4, -0.2) is 38.4 Å². The largest absolute Gasteiger partial charge is 0.507 e. The second kappa shape index (κ2) is 7.79. The summed E-state index contributed by atoms with van der Waals surface area (Å²) in [6, 6.07) is 3.30. The minimum atomic E-state index is -0.310. The summed E-state index contributed by atoms with van der Waals surface area (Å²) in [5.41, 5.74) is 1.25. The van der Waals surface area contributed by atoms with E-state index in [4.69, 9.17) is 12.2 Å². The third kappa shape index (κ3) is 4.24. The molecule has 0 saturated carbocycles. The van der Waals surface area contributed by atoms with E-state index in [9.17, 15) is 9.90 Å². The first-order valence-electron chi connectivity index (χ1n) is 7.39. The zero-order valence-corrected chi connectivity index (χ0v) is 16.0. The molecule has 0 aliphatic carbocycles. The molecule has 6 heteroatoms. The van der Waals surface area contributed by atoms with E-state index in [0.29, 0.717) is 5.56 Å². The predicted molar refractivity (Wildman–Crippen MR) is 99.9 cm³/mol. The number of piperidine rings is 1. The number of rotatable bonds is 3. The molecule has 1 saturated heterocycles. The van der Waals surface area contributed by atoms with Crippen LogP contribution in [0.5, 0.6) is 5.75 Å². The summed E-state index contributed by atoms with van der Waals surface area (Å²) in [5, 5.41) is 9.71.